The first kappa shape index (κ1) is 9.68. The molecule has 1 heterocycles. The molecule has 1 saturated heterocycles. The maximum Gasteiger partial charge on any atom is 0.135 e. The normalized spacial score (nSPS) is 36.5. The van der Waals surface area contributed by atoms with Crippen LogP contribution in [0.3, 0.4) is 0 Å². The number of nitrogens with one attached hydrogen (secondary N) is 1. The third kappa shape index (κ3) is 2.84. The van der Waals surface area contributed by atoms with Crippen LogP contribution in [0, 0.1) is 0 Å². The van der Waals surface area contributed by atoms with E-state index in [1.165, 1.54) is 0 Å². The molecule has 1 unspecified atom stereocenters. The zero-order valence-corrected chi connectivity index (χ0v) is 9.50. The van der Waals surface area contributed by atoms with E-state index in [1.807, 2.05) is 0 Å². The summed E-state index contributed by atoms with van der Waals surface area (Å²) >= 11 is 11.3. The molecule has 0 radical (unpaired) electrons. The summed E-state index contributed by atoms with van der Waals surface area (Å²) in [5.41, 5.74) is 0.0961. The van der Waals surface area contributed by atoms with Crippen LogP contribution in [0.4, 0.5) is 0 Å². The summed E-state index contributed by atoms with van der Waals surface area (Å²) in [4.78, 5) is 0. The van der Waals surface area contributed by atoms with Gasteiger partial charge in [-0.1, -0.05) is 24.0 Å². The number of rotatable bonds is 0. The number of thiocarbonyl (C=S) groups is 1. The van der Waals surface area contributed by atoms with Crippen LogP contribution in [0.25, 0.3) is 0 Å². The Bertz CT molecular complexity index is 168. The van der Waals surface area contributed by atoms with Gasteiger partial charge in [0.05, 0.1) is 4.08 Å². The van der Waals surface area contributed by atoms with Crippen molar-refractivity contribution in [2.24, 2.45) is 0 Å². The SMILES string of the molecule is CC1(C)CC(C)(S)SC(=S)N1. The van der Waals surface area contributed by atoms with Crippen LogP contribution in [0.15, 0.2) is 0 Å². The fourth-order valence-electron chi connectivity index (χ4n) is 1.40. The largest absolute Gasteiger partial charge is 0.366 e. The van der Waals surface area contributed by atoms with E-state index in [-0.39, 0.29) is 9.62 Å². The highest BCUT2D eigenvalue weighted by atomic mass is 32.2. The summed E-state index contributed by atoms with van der Waals surface area (Å²) in [5.74, 6) is 0. The Morgan fingerprint density at radius 3 is 2.45 bits per heavy atom. The zero-order valence-electron chi connectivity index (χ0n) is 6.97. The van der Waals surface area contributed by atoms with Crippen molar-refractivity contribution in [3.8, 4) is 0 Å². The summed E-state index contributed by atoms with van der Waals surface area (Å²) in [6, 6.07) is 0. The Morgan fingerprint density at radius 1 is 1.55 bits per heavy atom. The lowest BCUT2D eigenvalue weighted by molar-refractivity contribution is 0.414. The molecule has 1 rings (SSSR count). The average Bonchev–Trinajstić information content (AvgIpc) is 1.49. The first-order valence-electron chi connectivity index (χ1n) is 3.54. The molecule has 1 nitrogen and oxygen atoms in total. The lowest BCUT2D eigenvalue weighted by atomic mass is 9.98. The molecule has 11 heavy (non-hydrogen) atoms. The van der Waals surface area contributed by atoms with Crippen LogP contribution in [0.1, 0.15) is 27.2 Å². The molecule has 1 N–H and O–H groups in total. The van der Waals surface area contributed by atoms with E-state index >= 15 is 0 Å². The minimum absolute atomic E-state index is 0.00810. The molecule has 0 aliphatic carbocycles. The van der Waals surface area contributed by atoms with Gasteiger partial charge in [-0.3, -0.25) is 0 Å². The quantitative estimate of drug-likeness (QED) is 0.468. The molecule has 0 saturated carbocycles. The van der Waals surface area contributed by atoms with Crippen LogP contribution in [-0.4, -0.2) is 13.9 Å². The second kappa shape index (κ2) is 2.82. The minimum atomic E-state index is -0.00810. The van der Waals surface area contributed by atoms with Crippen molar-refractivity contribution in [3.05, 3.63) is 0 Å². The monoisotopic (exact) mass is 207 g/mol. The van der Waals surface area contributed by atoms with Crippen LogP contribution in [-0.2, 0) is 0 Å². The number of hydrogen-bond acceptors (Lipinski definition) is 3. The fraction of sp³-hybridized carbons (Fsp3) is 0.857. The van der Waals surface area contributed by atoms with E-state index in [2.05, 4.69) is 38.7 Å². The minimum Gasteiger partial charge on any atom is -0.366 e. The molecular weight excluding hydrogens is 194 g/mol. The van der Waals surface area contributed by atoms with Gasteiger partial charge in [0.25, 0.3) is 0 Å². The first-order valence-corrected chi connectivity index (χ1v) is 5.22. The van der Waals surface area contributed by atoms with Crippen LogP contribution < -0.4 is 5.32 Å². The molecular formula is C7H13NS3. The summed E-state index contributed by atoms with van der Waals surface area (Å²) in [6.07, 6.45) is 1.02. The second-order valence-electron chi connectivity index (χ2n) is 3.75. The van der Waals surface area contributed by atoms with Gasteiger partial charge in [-0.05, 0) is 27.2 Å². The highest BCUT2D eigenvalue weighted by Gasteiger charge is 2.36. The van der Waals surface area contributed by atoms with Crippen LogP contribution in [0.5, 0.6) is 0 Å². The standard InChI is InChI=1S/C7H13NS3/c1-6(2)4-7(3,10)11-5(9)8-6/h10H,4H2,1-3H3,(H,8,9). The average molecular weight is 207 g/mol. The van der Waals surface area contributed by atoms with E-state index in [0.29, 0.717) is 0 Å². The Hall–Kier alpha value is 0.590. The molecule has 0 aromatic carbocycles. The molecule has 1 aliphatic heterocycles. The predicted molar refractivity (Wildman–Crippen MR) is 59.4 cm³/mol. The smallest absolute Gasteiger partial charge is 0.135 e. The summed E-state index contributed by atoms with van der Waals surface area (Å²) in [6.45, 7) is 6.40. The van der Waals surface area contributed by atoms with Crippen molar-refractivity contribution in [2.75, 3.05) is 0 Å². The number of thiol groups is 1. The van der Waals surface area contributed by atoms with Crippen molar-refractivity contribution < 1.29 is 0 Å². The number of hydrogen-bond donors (Lipinski definition) is 2. The van der Waals surface area contributed by atoms with Gasteiger partial charge in [-0.2, -0.15) is 12.6 Å². The third-order valence-corrected chi connectivity index (χ3v) is 3.18. The maximum atomic E-state index is 5.11. The summed E-state index contributed by atoms with van der Waals surface area (Å²) in [7, 11) is 0. The molecule has 0 aromatic heterocycles. The topological polar surface area (TPSA) is 12.0 Å². The third-order valence-electron chi connectivity index (χ3n) is 1.52. The maximum absolute atomic E-state index is 5.11. The van der Waals surface area contributed by atoms with E-state index in [9.17, 15) is 0 Å². The molecule has 0 aromatic rings. The van der Waals surface area contributed by atoms with Crippen LogP contribution >= 0.6 is 36.6 Å². The van der Waals surface area contributed by atoms with Gasteiger partial charge in [-0.25, -0.2) is 0 Å². The van der Waals surface area contributed by atoms with Crippen molar-refractivity contribution >= 4 is 40.9 Å². The molecule has 1 aliphatic rings. The Labute approximate surface area is 83.1 Å². The molecule has 64 valence electrons. The predicted octanol–water partition coefficient (Wildman–Crippen LogP) is 2.42. The highest BCUT2D eigenvalue weighted by Crippen LogP contribution is 2.41. The fourth-order valence-corrected chi connectivity index (χ4v) is 4.24. The van der Waals surface area contributed by atoms with Crippen molar-refractivity contribution in [3.63, 3.8) is 0 Å². The lowest BCUT2D eigenvalue weighted by Crippen LogP contribution is -2.50. The Morgan fingerprint density at radius 2 is 2.09 bits per heavy atom. The van der Waals surface area contributed by atoms with E-state index < -0.39 is 0 Å². The molecule has 0 amide bonds. The van der Waals surface area contributed by atoms with Crippen molar-refractivity contribution in [1.82, 2.24) is 5.32 Å². The van der Waals surface area contributed by atoms with E-state index in [1.54, 1.807) is 11.8 Å². The van der Waals surface area contributed by atoms with Gasteiger partial charge < -0.3 is 5.32 Å². The van der Waals surface area contributed by atoms with Gasteiger partial charge in [0, 0.05) is 5.54 Å². The van der Waals surface area contributed by atoms with Gasteiger partial charge >= 0.3 is 0 Å². The first-order chi connectivity index (χ1) is 4.81. The van der Waals surface area contributed by atoms with Gasteiger partial charge in [0.1, 0.15) is 4.32 Å². The van der Waals surface area contributed by atoms with Gasteiger partial charge in [0.2, 0.25) is 0 Å². The molecule has 4 heteroatoms. The Balaban J connectivity index is 2.74. The Kier molecular flexibility index (Phi) is 2.48. The molecule has 0 bridgehead atoms. The summed E-state index contributed by atoms with van der Waals surface area (Å²) in [5, 5.41) is 3.26. The van der Waals surface area contributed by atoms with E-state index in [4.69, 9.17) is 12.2 Å². The molecule has 1 fully saturated rings. The van der Waals surface area contributed by atoms with Crippen molar-refractivity contribution in [1.29, 1.82) is 0 Å². The highest BCUT2D eigenvalue weighted by molar-refractivity contribution is 8.28. The van der Waals surface area contributed by atoms with Crippen LogP contribution in [0.2, 0.25) is 0 Å². The van der Waals surface area contributed by atoms with Gasteiger partial charge in [-0.15, -0.1) is 0 Å². The lowest BCUT2D eigenvalue weighted by Gasteiger charge is -2.40. The number of thioether (sulfide) groups is 1. The summed E-state index contributed by atoms with van der Waals surface area (Å²) < 4.78 is 0.852. The zero-order chi connectivity index (χ0) is 8.70. The van der Waals surface area contributed by atoms with E-state index in [0.717, 1.165) is 10.7 Å². The molecule has 1 atom stereocenters. The molecule has 0 spiro atoms. The van der Waals surface area contributed by atoms with Gasteiger partial charge in [0.15, 0.2) is 0 Å². The van der Waals surface area contributed by atoms with Crippen molar-refractivity contribution in [2.45, 2.75) is 36.8 Å². The second-order valence-corrected chi connectivity index (χ2v) is 7.22.